The van der Waals surface area contributed by atoms with Crippen molar-refractivity contribution in [3.05, 3.63) is 58.9 Å². The van der Waals surface area contributed by atoms with Crippen molar-refractivity contribution in [1.82, 2.24) is 9.55 Å². The van der Waals surface area contributed by atoms with Crippen molar-refractivity contribution in [2.24, 2.45) is 5.92 Å². The number of pyridine rings is 1. The molecule has 0 aliphatic carbocycles. The molecule has 0 N–H and O–H groups in total. The van der Waals surface area contributed by atoms with Crippen molar-refractivity contribution in [3.8, 4) is 5.88 Å². The van der Waals surface area contributed by atoms with E-state index in [4.69, 9.17) is 4.74 Å². The third-order valence-corrected chi connectivity index (χ3v) is 4.87. The molecule has 0 bridgehead atoms. The Morgan fingerprint density at radius 3 is 2.58 bits per heavy atom. The van der Waals surface area contributed by atoms with E-state index >= 15 is 0 Å². The summed E-state index contributed by atoms with van der Waals surface area (Å²) < 4.78 is 8.41. The fourth-order valence-corrected chi connectivity index (χ4v) is 3.25. The van der Waals surface area contributed by atoms with Gasteiger partial charge in [0.25, 0.3) is 0 Å². The van der Waals surface area contributed by atoms with Gasteiger partial charge in [-0.3, -0.25) is 0 Å². The van der Waals surface area contributed by atoms with Gasteiger partial charge in [0.05, 0.1) is 6.61 Å². The van der Waals surface area contributed by atoms with Crippen LogP contribution in [-0.4, -0.2) is 16.2 Å². The van der Waals surface area contributed by atoms with Gasteiger partial charge in [0.1, 0.15) is 5.52 Å². The van der Waals surface area contributed by atoms with Gasteiger partial charge >= 0.3 is 0 Å². The molecule has 0 saturated heterocycles. The summed E-state index contributed by atoms with van der Waals surface area (Å²) in [7, 11) is 0. The number of halogens is 1. The number of aromatic nitrogens is 2. The Hall–Kier alpha value is -2.00. The number of hydrogen-bond acceptors (Lipinski definition) is 2. The zero-order chi connectivity index (χ0) is 18.0. The van der Waals surface area contributed by atoms with Crippen LogP contribution >= 0.6 is 12.4 Å². The van der Waals surface area contributed by atoms with Crippen molar-refractivity contribution in [2.75, 3.05) is 6.61 Å². The number of aryl methyl sites for hydroxylation is 2. The van der Waals surface area contributed by atoms with E-state index in [0.29, 0.717) is 12.5 Å². The molecule has 3 rings (SSSR count). The molecule has 0 atom stereocenters. The van der Waals surface area contributed by atoms with Gasteiger partial charge < -0.3 is 9.30 Å². The smallest absolute Gasteiger partial charge is 0.238 e. The first-order chi connectivity index (χ1) is 12.0. The first-order valence-electron chi connectivity index (χ1n) is 9.10. The van der Waals surface area contributed by atoms with Crippen molar-refractivity contribution in [2.45, 2.75) is 47.6 Å². The molecule has 2 heterocycles. The van der Waals surface area contributed by atoms with E-state index in [9.17, 15) is 0 Å². The summed E-state index contributed by atoms with van der Waals surface area (Å²) in [5, 5.41) is 1.24. The van der Waals surface area contributed by atoms with Crippen LogP contribution in [0.4, 0.5) is 0 Å². The molecule has 140 valence electrons. The molecule has 0 amide bonds. The second kappa shape index (κ2) is 8.59. The molecule has 0 aliphatic rings. The number of fused-ring (bicyclic) bond motifs is 1. The molecule has 0 fully saturated rings. The summed E-state index contributed by atoms with van der Waals surface area (Å²) in [6.45, 7) is 12.5. The predicted molar refractivity (Wildman–Crippen MR) is 112 cm³/mol. The SMILES string of the molecule is Cc1cccc(Cn2c(C)c(C)c3ccnc(OCCC(C)C)c32)c1.Cl. The highest BCUT2D eigenvalue weighted by Crippen LogP contribution is 2.31. The van der Waals surface area contributed by atoms with Gasteiger partial charge in [0.2, 0.25) is 5.88 Å². The fourth-order valence-electron chi connectivity index (χ4n) is 3.25. The summed E-state index contributed by atoms with van der Waals surface area (Å²) in [4.78, 5) is 4.53. The Morgan fingerprint density at radius 2 is 1.88 bits per heavy atom. The Kier molecular flexibility index (Phi) is 6.71. The maximum Gasteiger partial charge on any atom is 0.238 e. The number of benzene rings is 1. The Bertz CT molecular complexity index is 883. The second-order valence-electron chi connectivity index (χ2n) is 7.33. The Balaban J connectivity index is 0.00000243. The predicted octanol–water partition coefficient (Wildman–Crippen LogP) is 5.86. The van der Waals surface area contributed by atoms with Crippen LogP contribution in [0.5, 0.6) is 5.88 Å². The van der Waals surface area contributed by atoms with Crippen molar-refractivity contribution < 1.29 is 4.74 Å². The highest BCUT2D eigenvalue weighted by Gasteiger charge is 2.16. The van der Waals surface area contributed by atoms with Gasteiger partial charge in [-0.05, 0) is 50.3 Å². The first kappa shape index (κ1) is 20.3. The Labute approximate surface area is 162 Å². The third kappa shape index (κ3) is 4.21. The fraction of sp³-hybridized carbons (Fsp3) is 0.409. The van der Waals surface area contributed by atoms with Gasteiger partial charge in [-0.25, -0.2) is 4.98 Å². The first-order valence-corrected chi connectivity index (χ1v) is 9.10. The molecular weight excluding hydrogens is 344 g/mol. The lowest BCUT2D eigenvalue weighted by Crippen LogP contribution is -2.07. The van der Waals surface area contributed by atoms with E-state index in [1.807, 2.05) is 6.20 Å². The van der Waals surface area contributed by atoms with E-state index in [1.54, 1.807) is 0 Å². The number of hydrogen-bond donors (Lipinski definition) is 0. The Morgan fingerprint density at radius 1 is 1.12 bits per heavy atom. The molecule has 2 aromatic heterocycles. The molecule has 3 aromatic rings. The second-order valence-corrected chi connectivity index (χ2v) is 7.33. The molecule has 3 nitrogen and oxygen atoms in total. The number of rotatable bonds is 6. The van der Waals surface area contributed by atoms with Crippen LogP contribution in [0.1, 0.15) is 42.7 Å². The van der Waals surface area contributed by atoms with Crippen LogP contribution < -0.4 is 4.74 Å². The maximum atomic E-state index is 6.07. The van der Waals surface area contributed by atoms with Gasteiger partial charge in [0.15, 0.2) is 0 Å². The molecule has 1 aromatic carbocycles. The molecule has 0 radical (unpaired) electrons. The zero-order valence-electron chi connectivity index (χ0n) is 16.4. The summed E-state index contributed by atoms with van der Waals surface area (Å²) in [6.07, 6.45) is 2.89. The minimum atomic E-state index is 0. The normalized spacial score (nSPS) is 11.0. The lowest BCUT2D eigenvalue weighted by Gasteiger charge is -2.13. The van der Waals surface area contributed by atoms with Crippen LogP contribution in [0.15, 0.2) is 36.5 Å². The minimum absolute atomic E-state index is 0. The average Bonchev–Trinajstić information content (AvgIpc) is 2.81. The van der Waals surface area contributed by atoms with Crippen LogP contribution in [0.3, 0.4) is 0 Å². The molecular formula is C22H29ClN2O. The highest BCUT2D eigenvalue weighted by molar-refractivity contribution is 5.89. The quantitative estimate of drug-likeness (QED) is 0.542. The molecule has 0 spiro atoms. The van der Waals surface area contributed by atoms with Crippen LogP contribution in [0, 0.1) is 26.7 Å². The van der Waals surface area contributed by atoms with Crippen LogP contribution in [-0.2, 0) is 6.54 Å². The maximum absolute atomic E-state index is 6.07. The van der Waals surface area contributed by atoms with E-state index in [1.165, 1.54) is 27.8 Å². The third-order valence-electron chi connectivity index (χ3n) is 4.87. The van der Waals surface area contributed by atoms with E-state index in [-0.39, 0.29) is 12.4 Å². The van der Waals surface area contributed by atoms with Gasteiger partial charge in [-0.1, -0.05) is 43.7 Å². The van der Waals surface area contributed by atoms with Crippen molar-refractivity contribution in [1.29, 1.82) is 0 Å². The molecule has 4 heteroatoms. The van der Waals surface area contributed by atoms with Gasteiger partial charge in [0, 0.05) is 23.8 Å². The standard InChI is InChI=1S/C22H28N2O.ClH/c1-15(2)10-12-25-22-21-20(9-11-23-22)17(4)18(5)24(21)14-19-8-6-7-16(3)13-19;/h6-9,11,13,15H,10,12,14H2,1-5H3;1H. The molecule has 0 unspecified atom stereocenters. The van der Waals surface area contributed by atoms with Crippen molar-refractivity contribution in [3.63, 3.8) is 0 Å². The van der Waals surface area contributed by atoms with Gasteiger partial charge in [-0.15, -0.1) is 12.4 Å². The molecule has 0 saturated carbocycles. The van der Waals surface area contributed by atoms with Gasteiger partial charge in [-0.2, -0.15) is 0 Å². The lowest BCUT2D eigenvalue weighted by molar-refractivity contribution is 0.281. The lowest BCUT2D eigenvalue weighted by atomic mass is 10.1. The minimum Gasteiger partial charge on any atom is -0.476 e. The highest BCUT2D eigenvalue weighted by atomic mass is 35.5. The molecule has 26 heavy (non-hydrogen) atoms. The monoisotopic (exact) mass is 372 g/mol. The van der Waals surface area contributed by atoms with Crippen LogP contribution in [0.2, 0.25) is 0 Å². The summed E-state index contributed by atoms with van der Waals surface area (Å²) in [6, 6.07) is 10.8. The summed E-state index contributed by atoms with van der Waals surface area (Å²) >= 11 is 0. The largest absolute Gasteiger partial charge is 0.476 e. The summed E-state index contributed by atoms with van der Waals surface area (Å²) in [5.74, 6) is 1.38. The topological polar surface area (TPSA) is 27.1 Å². The van der Waals surface area contributed by atoms with E-state index in [2.05, 4.69) is 74.5 Å². The van der Waals surface area contributed by atoms with E-state index in [0.717, 1.165) is 24.4 Å². The van der Waals surface area contributed by atoms with Crippen LogP contribution in [0.25, 0.3) is 10.9 Å². The number of nitrogens with zero attached hydrogens (tertiary/aromatic N) is 2. The average molecular weight is 373 g/mol. The molecule has 0 aliphatic heterocycles. The van der Waals surface area contributed by atoms with Crippen molar-refractivity contribution >= 4 is 23.3 Å². The number of ether oxygens (including phenoxy) is 1. The van der Waals surface area contributed by atoms with E-state index < -0.39 is 0 Å². The zero-order valence-corrected chi connectivity index (χ0v) is 17.2. The summed E-state index contributed by atoms with van der Waals surface area (Å²) in [5.41, 5.74) is 6.28.